The Balaban J connectivity index is 1.80. The van der Waals surface area contributed by atoms with E-state index in [9.17, 15) is 18.4 Å². The third-order valence-electron chi connectivity index (χ3n) is 3.89. The first-order chi connectivity index (χ1) is 11.4. The van der Waals surface area contributed by atoms with Crippen LogP contribution in [-0.2, 0) is 17.8 Å². The molecule has 6 nitrogen and oxygen atoms in total. The highest BCUT2D eigenvalue weighted by molar-refractivity contribution is 5.94. The van der Waals surface area contributed by atoms with Gasteiger partial charge in [0.2, 0.25) is 5.91 Å². The number of benzene rings is 1. The lowest BCUT2D eigenvalue weighted by Gasteiger charge is -2.22. The molecular formula is C16H16F2N4O2. The molecule has 2 aromatic rings. The Bertz CT molecular complexity index is 783. The van der Waals surface area contributed by atoms with Gasteiger partial charge in [-0.15, -0.1) is 0 Å². The second-order valence-electron chi connectivity index (χ2n) is 5.78. The van der Waals surface area contributed by atoms with Crippen molar-refractivity contribution in [3.05, 3.63) is 52.9 Å². The number of amides is 2. The summed E-state index contributed by atoms with van der Waals surface area (Å²) in [7, 11) is 0. The van der Waals surface area contributed by atoms with Crippen molar-refractivity contribution >= 4 is 11.8 Å². The first-order valence-corrected chi connectivity index (χ1v) is 7.54. The van der Waals surface area contributed by atoms with E-state index >= 15 is 0 Å². The Morgan fingerprint density at radius 3 is 2.67 bits per heavy atom. The van der Waals surface area contributed by atoms with E-state index in [4.69, 9.17) is 5.73 Å². The van der Waals surface area contributed by atoms with Crippen LogP contribution in [-0.4, -0.2) is 21.6 Å². The molecule has 0 radical (unpaired) electrons. The number of nitrogens with zero attached hydrogens (tertiary/aromatic N) is 2. The van der Waals surface area contributed by atoms with Crippen LogP contribution in [0.1, 0.15) is 40.5 Å². The van der Waals surface area contributed by atoms with Gasteiger partial charge in [0, 0.05) is 17.8 Å². The fraction of sp³-hybridized carbons (Fsp3) is 0.312. The van der Waals surface area contributed by atoms with Crippen molar-refractivity contribution in [2.75, 3.05) is 0 Å². The van der Waals surface area contributed by atoms with Crippen molar-refractivity contribution in [1.29, 1.82) is 0 Å². The van der Waals surface area contributed by atoms with Crippen LogP contribution in [0.5, 0.6) is 0 Å². The molecule has 0 saturated heterocycles. The number of carbonyl (C=O) groups excluding carboxylic acids is 2. The van der Waals surface area contributed by atoms with Crippen LogP contribution < -0.4 is 11.1 Å². The molecular weight excluding hydrogens is 318 g/mol. The quantitative estimate of drug-likeness (QED) is 0.887. The Hall–Kier alpha value is -2.77. The van der Waals surface area contributed by atoms with Crippen LogP contribution in [0.4, 0.5) is 8.78 Å². The number of aryl methyl sites for hydroxylation is 1. The standard InChI is InChI=1S/C16H16F2N4O2/c17-11-4-10(5-12(18)6-11)16(24)20-13-3-1-2-9-7-22(8-14(19)23)21-15(9)13/h4-7,13H,1-3,8H2,(H2,19,23)(H,20,24). The van der Waals surface area contributed by atoms with Crippen molar-refractivity contribution in [3.8, 4) is 0 Å². The number of nitrogens with one attached hydrogen (secondary N) is 1. The van der Waals surface area contributed by atoms with Gasteiger partial charge in [-0.1, -0.05) is 0 Å². The van der Waals surface area contributed by atoms with Gasteiger partial charge in [-0.2, -0.15) is 5.10 Å². The van der Waals surface area contributed by atoms with Crippen molar-refractivity contribution in [2.24, 2.45) is 5.73 Å². The number of nitrogens with two attached hydrogens (primary N) is 1. The van der Waals surface area contributed by atoms with Crippen molar-refractivity contribution in [2.45, 2.75) is 31.8 Å². The molecule has 1 unspecified atom stereocenters. The number of halogens is 2. The maximum Gasteiger partial charge on any atom is 0.252 e. The average Bonchev–Trinajstić information content (AvgIpc) is 2.88. The molecule has 126 valence electrons. The molecule has 0 spiro atoms. The van der Waals surface area contributed by atoms with Gasteiger partial charge in [0.05, 0.1) is 11.7 Å². The normalized spacial score (nSPS) is 16.5. The van der Waals surface area contributed by atoms with E-state index in [2.05, 4.69) is 10.4 Å². The van der Waals surface area contributed by atoms with Gasteiger partial charge in [0.25, 0.3) is 5.91 Å². The minimum absolute atomic E-state index is 0.0389. The lowest BCUT2D eigenvalue weighted by atomic mass is 9.93. The number of rotatable bonds is 4. The molecule has 0 saturated carbocycles. The molecule has 0 bridgehead atoms. The van der Waals surface area contributed by atoms with Gasteiger partial charge in [-0.05, 0) is 37.0 Å². The molecule has 3 rings (SSSR count). The number of aromatic nitrogens is 2. The highest BCUT2D eigenvalue weighted by Crippen LogP contribution is 2.28. The zero-order valence-electron chi connectivity index (χ0n) is 12.8. The van der Waals surface area contributed by atoms with Crippen LogP contribution in [0.15, 0.2) is 24.4 Å². The summed E-state index contributed by atoms with van der Waals surface area (Å²) in [4.78, 5) is 23.3. The summed E-state index contributed by atoms with van der Waals surface area (Å²) in [6.07, 6.45) is 4.01. The smallest absolute Gasteiger partial charge is 0.252 e. The van der Waals surface area contributed by atoms with Crippen LogP contribution in [0.3, 0.4) is 0 Å². The third kappa shape index (κ3) is 3.42. The number of primary amides is 1. The number of hydrogen-bond acceptors (Lipinski definition) is 3. The van der Waals surface area contributed by atoms with Gasteiger partial charge in [-0.3, -0.25) is 14.3 Å². The summed E-state index contributed by atoms with van der Waals surface area (Å²) in [5.41, 5.74) is 6.66. The van der Waals surface area contributed by atoms with Gasteiger partial charge in [0.1, 0.15) is 18.2 Å². The Labute approximate surface area is 136 Å². The van der Waals surface area contributed by atoms with Crippen LogP contribution in [0, 0.1) is 11.6 Å². The van der Waals surface area contributed by atoms with E-state index in [1.54, 1.807) is 6.20 Å². The molecule has 8 heteroatoms. The summed E-state index contributed by atoms with van der Waals surface area (Å²) in [5, 5.41) is 7.06. The van der Waals surface area contributed by atoms with E-state index in [1.165, 1.54) is 4.68 Å². The summed E-state index contributed by atoms with van der Waals surface area (Å²) in [6.45, 7) is -0.0389. The maximum absolute atomic E-state index is 13.3. The van der Waals surface area contributed by atoms with Gasteiger partial charge in [0.15, 0.2) is 0 Å². The fourth-order valence-corrected chi connectivity index (χ4v) is 2.90. The predicted octanol–water partition coefficient (Wildman–Crippen LogP) is 1.45. The number of fused-ring (bicyclic) bond motifs is 1. The van der Waals surface area contributed by atoms with Gasteiger partial charge in [-0.25, -0.2) is 8.78 Å². The lowest BCUT2D eigenvalue weighted by Crippen LogP contribution is -2.31. The van der Waals surface area contributed by atoms with Crippen molar-refractivity contribution < 1.29 is 18.4 Å². The molecule has 0 fully saturated rings. The Morgan fingerprint density at radius 2 is 2.00 bits per heavy atom. The highest BCUT2D eigenvalue weighted by Gasteiger charge is 2.26. The molecule has 0 aliphatic heterocycles. The van der Waals surface area contributed by atoms with Crippen LogP contribution >= 0.6 is 0 Å². The van der Waals surface area contributed by atoms with Crippen LogP contribution in [0.2, 0.25) is 0 Å². The van der Waals surface area contributed by atoms with E-state index in [-0.39, 0.29) is 18.2 Å². The molecule has 2 amide bonds. The molecule has 1 heterocycles. The van der Waals surface area contributed by atoms with Gasteiger partial charge >= 0.3 is 0 Å². The topological polar surface area (TPSA) is 90.0 Å². The summed E-state index contributed by atoms with van der Waals surface area (Å²) in [5.74, 6) is -2.70. The minimum atomic E-state index is -0.810. The first-order valence-electron chi connectivity index (χ1n) is 7.54. The molecule has 24 heavy (non-hydrogen) atoms. The summed E-state index contributed by atoms with van der Waals surface area (Å²) >= 11 is 0. The maximum atomic E-state index is 13.3. The molecule has 1 aromatic heterocycles. The highest BCUT2D eigenvalue weighted by atomic mass is 19.1. The van der Waals surface area contributed by atoms with Gasteiger partial charge < -0.3 is 11.1 Å². The van der Waals surface area contributed by atoms with Crippen molar-refractivity contribution in [1.82, 2.24) is 15.1 Å². The molecule has 1 aliphatic rings. The second-order valence-corrected chi connectivity index (χ2v) is 5.78. The number of carbonyl (C=O) groups is 2. The monoisotopic (exact) mass is 334 g/mol. The lowest BCUT2D eigenvalue weighted by molar-refractivity contribution is -0.118. The predicted molar refractivity (Wildman–Crippen MR) is 80.9 cm³/mol. The van der Waals surface area contributed by atoms with E-state index in [0.717, 1.165) is 30.5 Å². The summed E-state index contributed by atoms with van der Waals surface area (Å²) in [6, 6.07) is 2.30. The van der Waals surface area contributed by atoms with Crippen molar-refractivity contribution in [3.63, 3.8) is 0 Å². The summed E-state index contributed by atoms with van der Waals surface area (Å²) < 4.78 is 27.9. The molecule has 1 aromatic carbocycles. The fourth-order valence-electron chi connectivity index (χ4n) is 2.90. The third-order valence-corrected chi connectivity index (χ3v) is 3.89. The number of hydrogen-bond donors (Lipinski definition) is 2. The largest absolute Gasteiger partial charge is 0.368 e. The van der Waals surface area contributed by atoms with E-state index < -0.39 is 23.4 Å². The van der Waals surface area contributed by atoms with Crippen LogP contribution in [0.25, 0.3) is 0 Å². The second kappa shape index (κ2) is 6.38. The zero-order chi connectivity index (χ0) is 17.3. The Morgan fingerprint density at radius 1 is 1.29 bits per heavy atom. The molecule has 3 N–H and O–H groups in total. The first kappa shape index (κ1) is 16.1. The van der Waals surface area contributed by atoms with E-state index in [0.29, 0.717) is 18.2 Å². The average molecular weight is 334 g/mol. The molecule has 1 atom stereocenters. The minimum Gasteiger partial charge on any atom is -0.368 e. The molecule has 1 aliphatic carbocycles. The van der Waals surface area contributed by atoms with E-state index in [1.807, 2.05) is 0 Å². The SMILES string of the molecule is NC(=O)Cn1cc2c(n1)C(NC(=O)c1cc(F)cc(F)c1)CCC2. The Kier molecular flexibility index (Phi) is 4.28. The zero-order valence-corrected chi connectivity index (χ0v) is 12.8.